The van der Waals surface area contributed by atoms with Gasteiger partial charge in [-0.25, -0.2) is 9.59 Å². The van der Waals surface area contributed by atoms with Crippen LogP contribution in [0, 0.1) is 0 Å². The van der Waals surface area contributed by atoms with Gasteiger partial charge in [0, 0.05) is 22.1 Å². The van der Waals surface area contributed by atoms with E-state index in [1.54, 1.807) is 18.7 Å². The van der Waals surface area contributed by atoms with Gasteiger partial charge in [-0.2, -0.15) is 0 Å². The summed E-state index contributed by atoms with van der Waals surface area (Å²) in [5.74, 6) is 0.998. The van der Waals surface area contributed by atoms with Crippen LogP contribution in [0.4, 0.5) is 4.79 Å². The molecule has 0 saturated heterocycles. The van der Waals surface area contributed by atoms with E-state index < -0.39 is 12.0 Å². The van der Waals surface area contributed by atoms with Crippen molar-refractivity contribution >= 4 is 58.2 Å². The molecule has 0 fully saturated rings. The average molecular weight is 471 g/mol. The van der Waals surface area contributed by atoms with Crippen molar-refractivity contribution in [2.24, 2.45) is 0 Å². The topological polar surface area (TPSA) is 93.2 Å². The van der Waals surface area contributed by atoms with Crippen molar-refractivity contribution in [1.29, 1.82) is 0 Å². The smallest absolute Gasteiger partial charge is 0.338 e. The lowest BCUT2D eigenvalue weighted by Crippen LogP contribution is -2.46. The fourth-order valence-electron chi connectivity index (χ4n) is 2.60. The Morgan fingerprint density at radius 1 is 1.28 bits per heavy atom. The van der Waals surface area contributed by atoms with Crippen molar-refractivity contribution in [1.82, 2.24) is 20.8 Å². The molecule has 0 saturated carbocycles. The average Bonchev–Trinajstić information content (AvgIpc) is 3.38. The van der Waals surface area contributed by atoms with Gasteiger partial charge >= 0.3 is 12.0 Å². The normalized spacial score (nSPS) is 16.5. The zero-order valence-electron chi connectivity index (χ0n) is 16.1. The number of esters is 1. The summed E-state index contributed by atoms with van der Waals surface area (Å²) in [7, 11) is 0. The SMILES string of the molecule is CCCCSc1nnc(SCC2=C(C(=O)OCC)C(c3cccs3)NC(=O)N2)s1. The van der Waals surface area contributed by atoms with Gasteiger partial charge in [0.25, 0.3) is 0 Å². The van der Waals surface area contributed by atoms with Crippen molar-refractivity contribution in [3.8, 4) is 0 Å². The van der Waals surface area contributed by atoms with Crippen LogP contribution in [0.25, 0.3) is 0 Å². The van der Waals surface area contributed by atoms with Crippen LogP contribution in [0.3, 0.4) is 0 Å². The zero-order chi connectivity index (χ0) is 20.6. The lowest BCUT2D eigenvalue weighted by molar-refractivity contribution is -0.139. The first-order valence-corrected chi connectivity index (χ1v) is 12.9. The first-order valence-electron chi connectivity index (χ1n) is 9.22. The fourth-order valence-corrected chi connectivity index (χ4v) is 6.53. The number of rotatable bonds is 10. The number of ether oxygens (including phenoxy) is 1. The molecule has 0 aliphatic carbocycles. The van der Waals surface area contributed by atoms with Crippen LogP contribution < -0.4 is 10.6 Å². The van der Waals surface area contributed by atoms with Gasteiger partial charge in [-0.3, -0.25) is 0 Å². The molecule has 0 spiro atoms. The second kappa shape index (κ2) is 11.0. The number of thioether (sulfide) groups is 2. The van der Waals surface area contributed by atoms with Gasteiger partial charge in [0.1, 0.15) is 0 Å². The number of amides is 2. The van der Waals surface area contributed by atoms with Crippen molar-refractivity contribution in [3.63, 3.8) is 0 Å². The molecule has 1 atom stereocenters. The quantitative estimate of drug-likeness (QED) is 0.301. The molecule has 2 aromatic heterocycles. The van der Waals surface area contributed by atoms with E-state index in [1.165, 1.54) is 34.4 Å². The highest BCUT2D eigenvalue weighted by Crippen LogP contribution is 2.34. The highest BCUT2D eigenvalue weighted by molar-refractivity contribution is 8.03. The van der Waals surface area contributed by atoms with Gasteiger partial charge in [0.15, 0.2) is 8.68 Å². The molecule has 156 valence electrons. The minimum atomic E-state index is -0.520. The van der Waals surface area contributed by atoms with E-state index in [0.717, 1.165) is 32.2 Å². The summed E-state index contributed by atoms with van der Waals surface area (Å²) in [6.45, 7) is 4.19. The molecule has 3 rings (SSSR count). The van der Waals surface area contributed by atoms with Crippen LogP contribution in [-0.2, 0) is 9.53 Å². The van der Waals surface area contributed by atoms with Gasteiger partial charge in [-0.05, 0) is 24.8 Å². The van der Waals surface area contributed by atoms with Crippen LogP contribution in [0.5, 0.6) is 0 Å². The number of hydrogen-bond donors (Lipinski definition) is 2. The second-order valence-electron chi connectivity index (χ2n) is 5.98. The molecule has 2 N–H and O–H groups in total. The summed E-state index contributed by atoms with van der Waals surface area (Å²) in [6, 6.07) is 2.94. The van der Waals surface area contributed by atoms with Crippen molar-refractivity contribution < 1.29 is 14.3 Å². The molecule has 3 heterocycles. The molecule has 7 nitrogen and oxygen atoms in total. The lowest BCUT2D eigenvalue weighted by Gasteiger charge is -2.28. The minimum Gasteiger partial charge on any atom is -0.463 e. The predicted octanol–water partition coefficient (Wildman–Crippen LogP) is 4.46. The monoisotopic (exact) mass is 470 g/mol. The maximum Gasteiger partial charge on any atom is 0.338 e. The molecule has 2 amide bonds. The molecular weight excluding hydrogens is 448 g/mol. The van der Waals surface area contributed by atoms with Crippen molar-refractivity contribution in [2.45, 2.75) is 41.4 Å². The molecule has 1 unspecified atom stereocenters. The van der Waals surface area contributed by atoms with Crippen molar-refractivity contribution in [2.75, 3.05) is 18.1 Å². The second-order valence-corrected chi connectivity index (χ2v) is 10.5. The molecular formula is C18H22N4O3S4. The maximum atomic E-state index is 12.7. The summed E-state index contributed by atoms with van der Waals surface area (Å²) >= 11 is 6.18. The van der Waals surface area contributed by atoms with Gasteiger partial charge in [0.2, 0.25) is 0 Å². The Labute approximate surface area is 186 Å². The molecule has 1 aliphatic rings. The number of nitrogens with zero attached hydrogens (tertiary/aromatic N) is 2. The van der Waals surface area contributed by atoms with E-state index in [1.807, 2.05) is 17.5 Å². The van der Waals surface area contributed by atoms with Gasteiger partial charge in [-0.15, -0.1) is 21.5 Å². The number of thiophene rings is 1. The number of carbonyl (C=O) groups is 2. The van der Waals surface area contributed by atoms with E-state index in [-0.39, 0.29) is 12.6 Å². The highest BCUT2D eigenvalue weighted by atomic mass is 32.2. The molecule has 29 heavy (non-hydrogen) atoms. The molecule has 0 radical (unpaired) electrons. The van der Waals surface area contributed by atoms with Gasteiger partial charge in [0.05, 0.1) is 18.2 Å². The minimum absolute atomic E-state index is 0.266. The van der Waals surface area contributed by atoms with Crippen LogP contribution in [0.1, 0.15) is 37.6 Å². The molecule has 0 bridgehead atoms. The van der Waals surface area contributed by atoms with E-state index in [2.05, 4.69) is 27.8 Å². The molecule has 0 aromatic carbocycles. The standard InChI is InChI=1S/C18H22N4O3S4/c1-3-5-8-27-17-21-22-18(29-17)28-10-11-13(15(23)25-4-2)14(20-16(24)19-11)12-7-6-9-26-12/h6-7,9,14H,3-5,8,10H2,1-2H3,(H2,19,20,24). The number of hydrogen-bond acceptors (Lipinski definition) is 9. The fraction of sp³-hybridized carbons (Fsp3) is 0.444. The number of nitrogens with one attached hydrogen (secondary N) is 2. The largest absolute Gasteiger partial charge is 0.463 e. The Balaban J connectivity index is 1.78. The molecule has 11 heteroatoms. The van der Waals surface area contributed by atoms with Gasteiger partial charge < -0.3 is 15.4 Å². The van der Waals surface area contributed by atoms with E-state index in [0.29, 0.717) is 17.0 Å². The van der Waals surface area contributed by atoms with Crippen LogP contribution in [0.2, 0.25) is 0 Å². The summed E-state index contributed by atoms with van der Waals surface area (Å²) in [4.78, 5) is 25.8. The van der Waals surface area contributed by atoms with Crippen LogP contribution in [-0.4, -0.2) is 40.3 Å². The van der Waals surface area contributed by atoms with E-state index in [4.69, 9.17) is 4.74 Å². The summed E-state index contributed by atoms with van der Waals surface area (Å²) in [6.07, 6.45) is 2.29. The summed E-state index contributed by atoms with van der Waals surface area (Å²) in [5.41, 5.74) is 0.981. The number of urea groups is 1. The van der Waals surface area contributed by atoms with Crippen LogP contribution >= 0.6 is 46.2 Å². The van der Waals surface area contributed by atoms with Crippen LogP contribution in [0.15, 0.2) is 37.5 Å². The Kier molecular flexibility index (Phi) is 8.40. The maximum absolute atomic E-state index is 12.7. The van der Waals surface area contributed by atoms with Crippen molar-refractivity contribution in [3.05, 3.63) is 33.7 Å². The van der Waals surface area contributed by atoms with Gasteiger partial charge in [-0.1, -0.05) is 54.3 Å². The Morgan fingerprint density at radius 2 is 2.07 bits per heavy atom. The third-order valence-electron chi connectivity index (χ3n) is 3.93. The third kappa shape index (κ3) is 5.97. The Bertz CT molecular complexity index is 866. The lowest BCUT2D eigenvalue weighted by atomic mass is 10.0. The number of unbranched alkanes of at least 4 members (excludes halogenated alkanes) is 1. The molecule has 2 aromatic rings. The first kappa shape index (κ1) is 22.1. The predicted molar refractivity (Wildman–Crippen MR) is 119 cm³/mol. The third-order valence-corrected chi connectivity index (χ3v) is 8.17. The number of aromatic nitrogens is 2. The summed E-state index contributed by atoms with van der Waals surface area (Å²) < 4.78 is 7.01. The first-order chi connectivity index (χ1) is 14.1. The highest BCUT2D eigenvalue weighted by Gasteiger charge is 2.34. The number of carbonyl (C=O) groups excluding carboxylic acids is 2. The zero-order valence-corrected chi connectivity index (χ0v) is 19.4. The van der Waals surface area contributed by atoms with E-state index >= 15 is 0 Å². The Hall–Kier alpha value is -1.56. The summed E-state index contributed by atoms with van der Waals surface area (Å²) in [5, 5.41) is 16.0. The molecule has 1 aliphatic heterocycles. The van der Waals surface area contributed by atoms with E-state index in [9.17, 15) is 9.59 Å². The Morgan fingerprint density at radius 3 is 2.76 bits per heavy atom.